The lowest BCUT2D eigenvalue weighted by molar-refractivity contribution is 0.159. The predicted octanol–water partition coefficient (Wildman–Crippen LogP) is 4.44. The van der Waals surface area contributed by atoms with Crippen molar-refractivity contribution in [1.82, 2.24) is 13.9 Å². The van der Waals surface area contributed by atoms with Crippen LogP contribution in [0.2, 0.25) is 0 Å². The Morgan fingerprint density at radius 3 is 2.18 bits per heavy atom. The third kappa shape index (κ3) is 4.13. The van der Waals surface area contributed by atoms with E-state index in [9.17, 15) is 8.42 Å². The van der Waals surface area contributed by atoms with Gasteiger partial charge in [-0.1, -0.05) is 66.2 Å². The Kier molecular flexibility index (Phi) is 5.98. The lowest BCUT2D eigenvalue weighted by atomic mass is 10.1. The second kappa shape index (κ2) is 9.08. The van der Waals surface area contributed by atoms with Gasteiger partial charge in [0.1, 0.15) is 0 Å². The molecule has 0 aliphatic carbocycles. The molecule has 0 amide bonds. The zero-order chi connectivity index (χ0) is 23.7. The summed E-state index contributed by atoms with van der Waals surface area (Å²) in [5.74, 6) is 0. The molecule has 3 aromatic carbocycles. The number of fused-ring (bicyclic) bond motifs is 1. The van der Waals surface area contributed by atoms with Crippen LogP contribution in [0, 0.1) is 6.92 Å². The Hall–Kier alpha value is -3.42. The van der Waals surface area contributed by atoms with Crippen LogP contribution in [0.3, 0.4) is 0 Å². The third-order valence-corrected chi connectivity index (χ3v) is 8.04. The van der Waals surface area contributed by atoms with E-state index in [0.717, 1.165) is 48.3 Å². The fourth-order valence-corrected chi connectivity index (χ4v) is 5.90. The fourth-order valence-electron chi connectivity index (χ4n) is 4.35. The van der Waals surface area contributed by atoms with Gasteiger partial charge < -0.3 is 4.90 Å². The van der Waals surface area contributed by atoms with Gasteiger partial charge in [-0.05, 0) is 37.7 Å². The van der Waals surface area contributed by atoms with Gasteiger partial charge in [0.05, 0.1) is 22.3 Å². The Morgan fingerprint density at radius 1 is 0.824 bits per heavy atom. The highest BCUT2D eigenvalue weighted by molar-refractivity contribution is 7.90. The van der Waals surface area contributed by atoms with Gasteiger partial charge >= 0.3 is 0 Å². The molecule has 174 valence electrons. The van der Waals surface area contributed by atoms with Crippen LogP contribution >= 0.6 is 0 Å². The maximum absolute atomic E-state index is 14.0. The summed E-state index contributed by atoms with van der Waals surface area (Å²) >= 11 is 0. The Morgan fingerprint density at radius 2 is 1.47 bits per heavy atom. The van der Waals surface area contributed by atoms with Gasteiger partial charge in [-0.25, -0.2) is 12.4 Å². The molecular formula is C27H28N4O2S. The minimum Gasteiger partial charge on any atom is -0.303 e. The average molecular weight is 473 g/mol. The Bertz CT molecular complexity index is 1430. The van der Waals surface area contributed by atoms with Crippen molar-refractivity contribution in [2.75, 3.05) is 33.2 Å². The quantitative estimate of drug-likeness (QED) is 0.403. The molecule has 1 fully saturated rings. The van der Waals surface area contributed by atoms with Crippen LogP contribution in [-0.2, 0) is 10.0 Å². The maximum atomic E-state index is 14.0. The van der Waals surface area contributed by atoms with Crippen molar-refractivity contribution in [3.05, 3.63) is 90.0 Å². The molecule has 6 nitrogen and oxygen atoms in total. The summed E-state index contributed by atoms with van der Waals surface area (Å²) in [6.07, 6.45) is 1.83. The molecule has 0 bridgehead atoms. The summed E-state index contributed by atoms with van der Waals surface area (Å²) in [5, 5.41) is 7.68. The van der Waals surface area contributed by atoms with Gasteiger partial charge in [0, 0.05) is 37.1 Å². The van der Waals surface area contributed by atoms with Crippen molar-refractivity contribution >= 4 is 27.1 Å². The number of rotatable bonds is 5. The lowest BCUT2D eigenvalue weighted by Gasteiger charge is -2.30. The first-order chi connectivity index (χ1) is 16.4. The minimum atomic E-state index is -3.86. The van der Waals surface area contributed by atoms with Crippen molar-refractivity contribution in [3.63, 3.8) is 0 Å². The smallest absolute Gasteiger partial charge is 0.268 e. The number of nitrogens with zero attached hydrogens (tertiary/aromatic N) is 4. The molecule has 2 heterocycles. The molecule has 1 aliphatic heterocycles. The largest absolute Gasteiger partial charge is 0.303 e. The molecule has 0 saturated carbocycles. The van der Waals surface area contributed by atoms with E-state index >= 15 is 0 Å². The Labute approximate surface area is 200 Å². The van der Waals surface area contributed by atoms with E-state index < -0.39 is 10.0 Å². The van der Waals surface area contributed by atoms with Gasteiger partial charge in [0.25, 0.3) is 10.0 Å². The molecule has 5 rings (SSSR count). The van der Waals surface area contributed by atoms with Gasteiger partial charge in [0.15, 0.2) is 0 Å². The fraction of sp³-hybridized carbons (Fsp3) is 0.222. The van der Waals surface area contributed by atoms with Gasteiger partial charge in [-0.2, -0.15) is 5.10 Å². The monoisotopic (exact) mass is 472 g/mol. The number of hydrazone groups is 1. The van der Waals surface area contributed by atoms with E-state index in [1.165, 1.54) is 3.97 Å². The third-order valence-electron chi connectivity index (χ3n) is 6.31. The number of likely N-dealkylation sites (N-methyl/N-ethyl adjacent to an activating group) is 1. The number of hydrogen-bond acceptors (Lipinski definition) is 5. The van der Waals surface area contributed by atoms with E-state index in [2.05, 4.69) is 17.0 Å². The summed E-state index contributed by atoms with van der Waals surface area (Å²) in [5.41, 5.74) is 3.91. The second-order valence-electron chi connectivity index (χ2n) is 8.73. The maximum Gasteiger partial charge on any atom is 0.268 e. The number of benzene rings is 3. The molecule has 1 aromatic heterocycles. The van der Waals surface area contributed by atoms with Crippen LogP contribution in [0.4, 0.5) is 0 Å². The Balaban J connectivity index is 1.75. The van der Waals surface area contributed by atoms with E-state index in [1.54, 1.807) is 12.1 Å². The van der Waals surface area contributed by atoms with Crippen LogP contribution < -0.4 is 0 Å². The molecule has 0 N–H and O–H groups in total. The minimum absolute atomic E-state index is 0.263. The lowest BCUT2D eigenvalue weighted by Crippen LogP contribution is -2.41. The first-order valence-corrected chi connectivity index (χ1v) is 12.9. The summed E-state index contributed by atoms with van der Waals surface area (Å²) in [6.45, 7) is 5.53. The van der Waals surface area contributed by atoms with E-state index in [1.807, 2.05) is 79.9 Å². The molecule has 7 heteroatoms. The number of hydrogen-bond donors (Lipinski definition) is 0. The molecular weight excluding hydrogens is 444 g/mol. The van der Waals surface area contributed by atoms with Crippen molar-refractivity contribution in [3.8, 4) is 11.3 Å². The zero-order valence-corrected chi connectivity index (χ0v) is 20.2. The number of piperazine rings is 1. The molecule has 34 heavy (non-hydrogen) atoms. The highest BCUT2D eigenvalue weighted by Crippen LogP contribution is 2.36. The molecule has 0 radical (unpaired) electrons. The SMILES string of the molecule is Cc1ccc(S(=O)(=O)n2c(-c3ccccc3)c(C=NN3CCN(C)CC3)c3ccccc32)cc1. The first-order valence-electron chi connectivity index (χ1n) is 11.4. The summed E-state index contributed by atoms with van der Waals surface area (Å²) in [7, 11) is -1.75. The molecule has 0 unspecified atom stereocenters. The van der Waals surface area contributed by atoms with Crippen LogP contribution in [-0.4, -0.2) is 61.7 Å². The molecule has 0 atom stereocenters. The number of aryl methyl sites for hydroxylation is 1. The molecule has 1 saturated heterocycles. The van der Waals surface area contributed by atoms with Crippen molar-refractivity contribution in [2.24, 2.45) is 5.10 Å². The van der Waals surface area contributed by atoms with Crippen LogP contribution in [0.5, 0.6) is 0 Å². The highest BCUT2D eigenvalue weighted by atomic mass is 32.2. The van der Waals surface area contributed by atoms with Crippen LogP contribution in [0.15, 0.2) is 88.9 Å². The van der Waals surface area contributed by atoms with Crippen molar-refractivity contribution < 1.29 is 8.42 Å². The summed E-state index contributed by atoms with van der Waals surface area (Å²) in [6, 6.07) is 24.3. The molecule has 1 aliphatic rings. The van der Waals surface area contributed by atoms with Gasteiger partial charge in [0.2, 0.25) is 0 Å². The van der Waals surface area contributed by atoms with Gasteiger partial charge in [-0.3, -0.25) is 5.01 Å². The van der Waals surface area contributed by atoms with Crippen molar-refractivity contribution in [1.29, 1.82) is 0 Å². The van der Waals surface area contributed by atoms with E-state index in [0.29, 0.717) is 11.2 Å². The second-order valence-corrected chi connectivity index (χ2v) is 10.5. The standard InChI is InChI=1S/C27H28N4O2S/c1-21-12-14-23(15-13-21)34(32,33)31-26-11-7-6-10-24(26)25(27(31)22-8-4-3-5-9-22)20-28-30-18-16-29(2)17-19-30/h3-15,20H,16-19H2,1-2H3. The highest BCUT2D eigenvalue weighted by Gasteiger charge is 2.27. The molecule has 0 spiro atoms. The summed E-state index contributed by atoms with van der Waals surface area (Å²) < 4.78 is 29.5. The number of aromatic nitrogens is 1. The van der Waals surface area contributed by atoms with E-state index in [4.69, 9.17) is 5.10 Å². The topological polar surface area (TPSA) is 57.9 Å². The zero-order valence-electron chi connectivity index (χ0n) is 19.4. The predicted molar refractivity (Wildman–Crippen MR) is 138 cm³/mol. The van der Waals surface area contributed by atoms with E-state index in [-0.39, 0.29) is 4.90 Å². The van der Waals surface area contributed by atoms with Crippen LogP contribution in [0.25, 0.3) is 22.2 Å². The van der Waals surface area contributed by atoms with Gasteiger partial charge in [-0.15, -0.1) is 0 Å². The van der Waals surface area contributed by atoms with Crippen molar-refractivity contribution in [2.45, 2.75) is 11.8 Å². The first kappa shape index (κ1) is 22.4. The average Bonchev–Trinajstić information content (AvgIpc) is 3.20. The molecule has 4 aromatic rings. The summed E-state index contributed by atoms with van der Waals surface area (Å²) in [4.78, 5) is 2.54. The normalized spacial score (nSPS) is 15.4. The number of para-hydroxylation sites is 1. The van der Waals surface area contributed by atoms with Crippen LogP contribution in [0.1, 0.15) is 11.1 Å².